The molecule has 0 aromatic heterocycles. The third-order valence-corrected chi connectivity index (χ3v) is 4.04. The summed E-state index contributed by atoms with van der Waals surface area (Å²) in [6, 6.07) is 7.93. The van der Waals surface area contributed by atoms with E-state index >= 15 is 0 Å². The highest BCUT2D eigenvalue weighted by atomic mass is 79.9. The van der Waals surface area contributed by atoms with Gasteiger partial charge in [0.05, 0.1) is 16.7 Å². The molecule has 1 heterocycles. The summed E-state index contributed by atoms with van der Waals surface area (Å²) >= 11 is 3.49. The van der Waals surface area contributed by atoms with Crippen LogP contribution in [-0.4, -0.2) is 31.9 Å². The van der Waals surface area contributed by atoms with Crippen LogP contribution in [0.5, 0.6) is 5.75 Å². The largest absolute Gasteiger partial charge is 0.490 e. The Balaban J connectivity index is 1.67. The fourth-order valence-electron chi connectivity index (χ4n) is 2.33. The van der Waals surface area contributed by atoms with Crippen molar-refractivity contribution in [3.05, 3.63) is 28.7 Å². The maximum atomic E-state index is 6.00. The average Bonchev–Trinajstić information content (AvgIpc) is 2.85. The van der Waals surface area contributed by atoms with Gasteiger partial charge in [0, 0.05) is 6.54 Å². The molecule has 0 aliphatic carbocycles. The standard InChI is InChI=1S/C16H24BrNO2/c1-12(2)9-18-10-13-7-8-14(20-13)11-19-16-6-4-3-5-15(16)17/h3-6,12-14,18H,7-11H2,1-2H3. The molecular weight excluding hydrogens is 318 g/mol. The highest BCUT2D eigenvalue weighted by Crippen LogP contribution is 2.26. The third-order valence-electron chi connectivity index (χ3n) is 3.38. The molecule has 1 saturated heterocycles. The summed E-state index contributed by atoms with van der Waals surface area (Å²) in [4.78, 5) is 0. The van der Waals surface area contributed by atoms with E-state index in [1.807, 2.05) is 24.3 Å². The number of benzene rings is 1. The number of halogens is 1. The molecule has 0 saturated carbocycles. The van der Waals surface area contributed by atoms with Crippen LogP contribution in [0.4, 0.5) is 0 Å². The van der Waals surface area contributed by atoms with E-state index in [9.17, 15) is 0 Å². The van der Waals surface area contributed by atoms with E-state index in [1.54, 1.807) is 0 Å². The fraction of sp³-hybridized carbons (Fsp3) is 0.625. The van der Waals surface area contributed by atoms with Crippen LogP contribution in [0.2, 0.25) is 0 Å². The monoisotopic (exact) mass is 341 g/mol. The minimum absolute atomic E-state index is 0.216. The Kier molecular flexibility index (Phi) is 6.33. The van der Waals surface area contributed by atoms with E-state index in [0.717, 1.165) is 36.2 Å². The van der Waals surface area contributed by atoms with E-state index < -0.39 is 0 Å². The van der Waals surface area contributed by atoms with Crippen LogP contribution in [0.15, 0.2) is 28.7 Å². The van der Waals surface area contributed by atoms with Crippen molar-refractivity contribution in [2.45, 2.75) is 38.9 Å². The van der Waals surface area contributed by atoms with Gasteiger partial charge in [0.1, 0.15) is 12.4 Å². The summed E-state index contributed by atoms with van der Waals surface area (Å²) in [7, 11) is 0. The average molecular weight is 342 g/mol. The van der Waals surface area contributed by atoms with Crippen molar-refractivity contribution < 1.29 is 9.47 Å². The third kappa shape index (κ3) is 5.08. The Bertz CT molecular complexity index is 411. The normalized spacial score (nSPS) is 22.4. The second-order valence-electron chi connectivity index (χ2n) is 5.75. The zero-order valence-corrected chi connectivity index (χ0v) is 13.9. The Labute approximate surface area is 130 Å². The lowest BCUT2D eigenvalue weighted by atomic mass is 10.2. The van der Waals surface area contributed by atoms with Crippen LogP contribution in [0.1, 0.15) is 26.7 Å². The number of hydrogen-bond donors (Lipinski definition) is 1. The molecule has 1 fully saturated rings. The summed E-state index contributed by atoms with van der Waals surface area (Å²) < 4.78 is 12.8. The number of nitrogens with one attached hydrogen (secondary N) is 1. The summed E-state index contributed by atoms with van der Waals surface area (Å²) in [6.07, 6.45) is 2.75. The van der Waals surface area contributed by atoms with Crippen molar-refractivity contribution in [3.8, 4) is 5.75 Å². The van der Waals surface area contributed by atoms with Crippen LogP contribution >= 0.6 is 15.9 Å². The van der Waals surface area contributed by atoms with Crippen LogP contribution in [0.3, 0.4) is 0 Å². The van der Waals surface area contributed by atoms with Gasteiger partial charge < -0.3 is 14.8 Å². The minimum atomic E-state index is 0.216. The maximum Gasteiger partial charge on any atom is 0.133 e. The summed E-state index contributed by atoms with van der Waals surface area (Å²) in [6.45, 7) is 7.07. The van der Waals surface area contributed by atoms with Gasteiger partial charge in [-0.3, -0.25) is 0 Å². The first-order valence-electron chi connectivity index (χ1n) is 7.38. The van der Waals surface area contributed by atoms with Gasteiger partial charge in [-0.2, -0.15) is 0 Å². The molecule has 1 aliphatic rings. The quantitative estimate of drug-likeness (QED) is 0.821. The van der Waals surface area contributed by atoms with Gasteiger partial charge in [-0.15, -0.1) is 0 Å². The molecule has 1 aromatic carbocycles. The number of rotatable bonds is 7. The highest BCUT2D eigenvalue weighted by molar-refractivity contribution is 9.10. The molecule has 3 nitrogen and oxygen atoms in total. The van der Waals surface area contributed by atoms with Crippen molar-refractivity contribution in [2.75, 3.05) is 19.7 Å². The zero-order chi connectivity index (χ0) is 14.4. The summed E-state index contributed by atoms with van der Waals surface area (Å²) in [5.74, 6) is 1.57. The van der Waals surface area contributed by atoms with Crippen LogP contribution in [0.25, 0.3) is 0 Å². The van der Waals surface area contributed by atoms with Crippen LogP contribution in [0, 0.1) is 5.92 Å². The Hall–Kier alpha value is -0.580. The Morgan fingerprint density at radius 2 is 2.05 bits per heavy atom. The van der Waals surface area contributed by atoms with Crippen LogP contribution < -0.4 is 10.1 Å². The van der Waals surface area contributed by atoms with Crippen molar-refractivity contribution >= 4 is 15.9 Å². The topological polar surface area (TPSA) is 30.5 Å². The van der Waals surface area contributed by atoms with E-state index in [4.69, 9.17) is 9.47 Å². The predicted molar refractivity (Wildman–Crippen MR) is 85.2 cm³/mol. The predicted octanol–water partition coefficient (Wildman–Crippen LogP) is 3.62. The molecule has 112 valence electrons. The van der Waals surface area contributed by atoms with Gasteiger partial charge >= 0.3 is 0 Å². The molecule has 1 aromatic rings. The van der Waals surface area contributed by atoms with E-state index in [2.05, 4.69) is 35.1 Å². The van der Waals surface area contributed by atoms with Gasteiger partial charge in [-0.25, -0.2) is 0 Å². The molecule has 0 amide bonds. The number of para-hydroxylation sites is 1. The number of ether oxygens (including phenoxy) is 2. The lowest BCUT2D eigenvalue weighted by Crippen LogP contribution is -2.30. The molecule has 1 N–H and O–H groups in total. The van der Waals surface area contributed by atoms with Crippen molar-refractivity contribution in [3.63, 3.8) is 0 Å². The fourth-order valence-corrected chi connectivity index (χ4v) is 2.73. The van der Waals surface area contributed by atoms with Gasteiger partial charge in [-0.05, 0) is 53.4 Å². The van der Waals surface area contributed by atoms with Gasteiger partial charge in [0.2, 0.25) is 0 Å². The lowest BCUT2D eigenvalue weighted by Gasteiger charge is -2.16. The van der Waals surface area contributed by atoms with Crippen molar-refractivity contribution in [1.82, 2.24) is 5.32 Å². The van der Waals surface area contributed by atoms with Gasteiger partial charge in [0.15, 0.2) is 0 Å². The summed E-state index contributed by atoms with van der Waals surface area (Å²) in [5.41, 5.74) is 0. The maximum absolute atomic E-state index is 6.00. The number of hydrogen-bond acceptors (Lipinski definition) is 3. The molecule has 2 unspecified atom stereocenters. The van der Waals surface area contributed by atoms with Crippen LogP contribution in [-0.2, 0) is 4.74 Å². The second-order valence-corrected chi connectivity index (χ2v) is 6.61. The molecule has 0 bridgehead atoms. The minimum Gasteiger partial charge on any atom is -0.490 e. The molecule has 0 spiro atoms. The molecule has 0 radical (unpaired) electrons. The lowest BCUT2D eigenvalue weighted by molar-refractivity contribution is 0.0182. The smallest absolute Gasteiger partial charge is 0.133 e. The zero-order valence-electron chi connectivity index (χ0n) is 12.3. The van der Waals surface area contributed by atoms with Gasteiger partial charge in [-0.1, -0.05) is 26.0 Å². The van der Waals surface area contributed by atoms with E-state index in [-0.39, 0.29) is 6.10 Å². The Morgan fingerprint density at radius 3 is 2.80 bits per heavy atom. The summed E-state index contributed by atoms with van der Waals surface area (Å²) in [5, 5.41) is 3.46. The van der Waals surface area contributed by atoms with Crippen molar-refractivity contribution in [2.24, 2.45) is 5.92 Å². The Morgan fingerprint density at radius 1 is 1.30 bits per heavy atom. The SMILES string of the molecule is CC(C)CNCC1CCC(COc2ccccc2Br)O1. The molecule has 20 heavy (non-hydrogen) atoms. The molecule has 2 rings (SSSR count). The second kappa shape index (κ2) is 8.01. The molecule has 2 atom stereocenters. The molecular formula is C16H24BrNO2. The first kappa shape index (κ1) is 15.8. The van der Waals surface area contributed by atoms with E-state index in [0.29, 0.717) is 18.6 Å². The van der Waals surface area contributed by atoms with Crippen molar-refractivity contribution in [1.29, 1.82) is 0 Å². The first-order valence-corrected chi connectivity index (χ1v) is 8.18. The van der Waals surface area contributed by atoms with E-state index in [1.165, 1.54) is 0 Å². The van der Waals surface area contributed by atoms with Gasteiger partial charge in [0.25, 0.3) is 0 Å². The first-order chi connectivity index (χ1) is 9.65. The molecule has 1 aliphatic heterocycles. The highest BCUT2D eigenvalue weighted by Gasteiger charge is 2.25. The molecule has 4 heteroatoms.